The molecule has 0 saturated carbocycles. The molecule has 0 radical (unpaired) electrons. The van der Waals surface area contributed by atoms with Gasteiger partial charge in [0, 0.05) is 19.2 Å². The number of sulfonamides is 1. The Morgan fingerprint density at radius 1 is 1.30 bits per heavy atom. The molecule has 1 saturated heterocycles. The van der Waals surface area contributed by atoms with Crippen LogP contribution in [0.3, 0.4) is 0 Å². The van der Waals surface area contributed by atoms with Crippen LogP contribution in [0.4, 0.5) is 5.69 Å². The Bertz CT molecular complexity index is 887. The van der Waals surface area contributed by atoms with E-state index < -0.39 is 16.1 Å². The first-order chi connectivity index (χ1) is 13.0. The summed E-state index contributed by atoms with van der Waals surface area (Å²) in [6, 6.07) is 10.3. The van der Waals surface area contributed by atoms with E-state index in [0.29, 0.717) is 12.3 Å². The van der Waals surface area contributed by atoms with Crippen LogP contribution in [0.25, 0.3) is 0 Å². The second-order valence-electron chi connectivity index (χ2n) is 6.52. The molecular weight excluding hydrogens is 366 g/mol. The van der Waals surface area contributed by atoms with Crippen molar-refractivity contribution in [3.05, 3.63) is 59.9 Å². The quantitative estimate of drug-likeness (QED) is 0.816. The van der Waals surface area contributed by atoms with Crippen molar-refractivity contribution in [1.29, 1.82) is 0 Å². The summed E-state index contributed by atoms with van der Waals surface area (Å²) in [7, 11) is -3.55. The lowest BCUT2D eigenvalue weighted by atomic mass is 10.2. The second kappa shape index (κ2) is 8.60. The lowest BCUT2D eigenvalue weighted by molar-refractivity contribution is -0.118. The number of benzene rings is 1. The van der Waals surface area contributed by atoms with Gasteiger partial charge in [-0.15, -0.1) is 0 Å². The maximum absolute atomic E-state index is 12.9. The SMILES string of the molecule is Cc1ccncc1NC(=O)CC1COCCN1S(=O)(=O)Cc1ccccc1. The molecular formula is C19H23N3O4S. The third-order valence-corrected chi connectivity index (χ3v) is 6.35. The number of morpholine rings is 1. The number of rotatable bonds is 6. The number of carbonyl (C=O) groups excluding carboxylic acids is 1. The van der Waals surface area contributed by atoms with Gasteiger partial charge in [-0.25, -0.2) is 8.42 Å². The summed E-state index contributed by atoms with van der Waals surface area (Å²) >= 11 is 0. The first-order valence-corrected chi connectivity index (χ1v) is 10.4. The minimum Gasteiger partial charge on any atom is -0.378 e. The molecule has 0 aliphatic carbocycles. The smallest absolute Gasteiger partial charge is 0.226 e. The van der Waals surface area contributed by atoms with Gasteiger partial charge in [0.1, 0.15) is 0 Å². The molecule has 1 fully saturated rings. The number of anilines is 1. The highest BCUT2D eigenvalue weighted by atomic mass is 32.2. The second-order valence-corrected chi connectivity index (χ2v) is 8.45. The monoisotopic (exact) mass is 389 g/mol. The van der Waals surface area contributed by atoms with Crippen LogP contribution in [0, 0.1) is 6.92 Å². The van der Waals surface area contributed by atoms with Crippen molar-refractivity contribution >= 4 is 21.6 Å². The van der Waals surface area contributed by atoms with Gasteiger partial charge in [0.05, 0.1) is 36.9 Å². The molecule has 1 aromatic carbocycles. The first kappa shape index (κ1) is 19.5. The summed E-state index contributed by atoms with van der Waals surface area (Å²) in [6.45, 7) is 2.65. The average molecular weight is 389 g/mol. The molecule has 7 nitrogen and oxygen atoms in total. The van der Waals surface area contributed by atoms with Crippen LogP contribution in [0.2, 0.25) is 0 Å². The van der Waals surface area contributed by atoms with Crippen molar-refractivity contribution in [1.82, 2.24) is 9.29 Å². The molecule has 1 aromatic heterocycles. The molecule has 144 valence electrons. The molecule has 1 aliphatic rings. The fourth-order valence-corrected chi connectivity index (χ4v) is 4.77. The number of aryl methyl sites for hydroxylation is 1. The van der Waals surface area contributed by atoms with Gasteiger partial charge in [-0.05, 0) is 24.1 Å². The number of hydrogen-bond donors (Lipinski definition) is 1. The number of nitrogens with zero attached hydrogens (tertiary/aromatic N) is 2. The molecule has 8 heteroatoms. The van der Waals surface area contributed by atoms with Gasteiger partial charge in [-0.1, -0.05) is 30.3 Å². The van der Waals surface area contributed by atoms with Crippen LogP contribution >= 0.6 is 0 Å². The highest BCUT2D eigenvalue weighted by Crippen LogP contribution is 2.20. The predicted octanol–water partition coefficient (Wildman–Crippen LogP) is 1.95. The van der Waals surface area contributed by atoms with Crippen LogP contribution in [0.5, 0.6) is 0 Å². The van der Waals surface area contributed by atoms with E-state index in [0.717, 1.165) is 11.1 Å². The Hall–Kier alpha value is -2.29. The molecule has 1 atom stereocenters. The molecule has 0 bridgehead atoms. The topological polar surface area (TPSA) is 88.6 Å². The van der Waals surface area contributed by atoms with Crippen LogP contribution in [0.1, 0.15) is 17.5 Å². The predicted molar refractivity (Wildman–Crippen MR) is 103 cm³/mol. The number of amides is 1. The number of carbonyl (C=O) groups is 1. The van der Waals surface area contributed by atoms with Crippen molar-refractivity contribution in [3.63, 3.8) is 0 Å². The number of hydrogen-bond acceptors (Lipinski definition) is 5. The summed E-state index contributed by atoms with van der Waals surface area (Å²) in [5, 5.41) is 2.80. The van der Waals surface area contributed by atoms with E-state index in [2.05, 4.69) is 10.3 Å². The van der Waals surface area contributed by atoms with Gasteiger partial charge in [-0.2, -0.15) is 4.31 Å². The molecule has 3 rings (SSSR count). The van der Waals surface area contributed by atoms with E-state index in [1.54, 1.807) is 30.6 Å². The van der Waals surface area contributed by atoms with E-state index in [-0.39, 0.29) is 31.2 Å². The van der Waals surface area contributed by atoms with Crippen molar-refractivity contribution in [3.8, 4) is 0 Å². The molecule has 1 amide bonds. The fraction of sp³-hybridized carbons (Fsp3) is 0.368. The van der Waals surface area contributed by atoms with Crippen molar-refractivity contribution in [2.45, 2.75) is 25.1 Å². The Labute approximate surface area is 159 Å². The fourth-order valence-electron chi connectivity index (χ4n) is 3.04. The largest absolute Gasteiger partial charge is 0.378 e. The Kier molecular flexibility index (Phi) is 6.20. The molecule has 2 heterocycles. The highest BCUT2D eigenvalue weighted by molar-refractivity contribution is 7.88. The zero-order valence-corrected chi connectivity index (χ0v) is 16.0. The van der Waals surface area contributed by atoms with Gasteiger partial charge in [0.25, 0.3) is 0 Å². The van der Waals surface area contributed by atoms with E-state index >= 15 is 0 Å². The minimum atomic E-state index is -3.55. The molecule has 2 aromatic rings. The van der Waals surface area contributed by atoms with Crippen LogP contribution in [-0.2, 0) is 25.3 Å². The summed E-state index contributed by atoms with van der Waals surface area (Å²) < 4.78 is 32.6. The number of ether oxygens (including phenoxy) is 1. The Balaban J connectivity index is 1.69. The van der Waals surface area contributed by atoms with Crippen molar-refractivity contribution < 1.29 is 17.9 Å². The van der Waals surface area contributed by atoms with Gasteiger partial charge >= 0.3 is 0 Å². The zero-order chi connectivity index (χ0) is 19.3. The molecule has 27 heavy (non-hydrogen) atoms. The summed E-state index contributed by atoms with van der Waals surface area (Å²) in [4.78, 5) is 16.4. The van der Waals surface area contributed by atoms with Crippen LogP contribution in [0.15, 0.2) is 48.8 Å². The molecule has 1 unspecified atom stereocenters. The number of nitrogens with one attached hydrogen (secondary N) is 1. The highest BCUT2D eigenvalue weighted by Gasteiger charge is 2.34. The molecule has 0 spiro atoms. The third-order valence-electron chi connectivity index (χ3n) is 4.46. The first-order valence-electron chi connectivity index (χ1n) is 8.77. The molecule has 1 aliphatic heterocycles. The Morgan fingerprint density at radius 3 is 2.81 bits per heavy atom. The van der Waals surface area contributed by atoms with Gasteiger partial charge in [0.2, 0.25) is 15.9 Å². The summed E-state index contributed by atoms with van der Waals surface area (Å²) in [6.07, 6.45) is 3.26. The van der Waals surface area contributed by atoms with Crippen LogP contribution < -0.4 is 5.32 Å². The van der Waals surface area contributed by atoms with E-state index in [1.165, 1.54) is 4.31 Å². The lowest BCUT2D eigenvalue weighted by Crippen LogP contribution is -2.50. The number of aromatic nitrogens is 1. The van der Waals surface area contributed by atoms with E-state index in [4.69, 9.17) is 4.74 Å². The maximum Gasteiger partial charge on any atom is 0.226 e. The standard InChI is InChI=1S/C19H23N3O4S/c1-15-7-8-20-12-18(15)21-19(23)11-17-13-26-10-9-22(17)27(24,25)14-16-5-3-2-4-6-16/h2-8,12,17H,9-11,13-14H2,1H3,(H,21,23). The minimum absolute atomic E-state index is 0.0301. The van der Waals surface area contributed by atoms with Crippen molar-refractivity contribution in [2.24, 2.45) is 0 Å². The van der Waals surface area contributed by atoms with Crippen molar-refractivity contribution in [2.75, 3.05) is 25.1 Å². The normalized spacial score (nSPS) is 18.2. The number of pyridine rings is 1. The third kappa shape index (κ3) is 5.12. The molecule has 1 N–H and O–H groups in total. The maximum atomic E-state index is 12.9. The lowest BCUT2D eigenvalue weighted by Gasteiger charge is -2.34. The van der Waals surface area contributed by atoms with E-state index in [9.17, 15) is 13.2 Å². The van der Waals surface area contributed by atoms with Gasteiger partial charge in [-0.3, -0.25) is 9.78 Å². The van der Waals surface area contributed by atoms with Crippen LogP contribution in [-0.4, -0.2) is 49.4 Å². The Morgan fingerprint density at radius 2 is 2.07 bits per heavy atom. The van der Waals surface area contributed by atoms with Gasteiger partial charge < -0.3 is 10.1 Å². The zero-order valence-electron chi connectivity index (χ0n) is 15.2. The van der Waals surface area contributed by atoms with Gasteiger partial charge in [0.15, 0.2) is 0 Å². The summed E-state index contributed by atoms with van der Waals surface area (Å²) in [5.74, 6) is -0.352. The summed E-state index contributed by atoms with van der Waals surface area (Å²) in [5.41, 5.74) is 2.24. The average Bonchev–Trinajstić information content (AvgIpc) is 2.64. The van der Waals surface area contributed by atoms with E-state index in [1.807, 2.05) is 25.1 Å².